The third-order valence-corrected chi connectivity index (χ3v) is 5.76. The first-order valence-corrected chi connectivity index (χ1v) is 8.80. The number of thiophene rings is 1. The number of hydrogen-bond acceptors (Lipinski definition) is 5. The van der Waals surface area contributed by atoms with E-state index in [-0.39, 0.29) is 24.4 Å². The lowest BCUT2D eigenvalue weighted by atomic mass is 10.1. The molecule has 4 heterocycles. The molecule has 134 valence electrons. The molecule has 1 unspecified atom stereocenters. The van der Waals surface area contributed by atoms with Gasteiger partial charge in [0.2, 0.25) is 0 Å². The maximum absolute atomic E-state index is 13.1. The normalized spacial score (nSPS) is 17.7. The number of rotatable bonds is 2. The lowest BCUT2D eigenvalue weighted by molar-refractivity contribution is 0.0626. The molecule has 0 aliphatic carbocycles. The SMILES string of the molecule is Cc1nn(C)c2sc(C(=O)N3CCNCC3c3nccn3C)cc12.Cl. The second-order valence-electron chi connectivity index (χ2n) is 6.15. The number of amides is 1. The fraction of sp³-hybridized carbons (Fsp3) is 0.438. The third-order valence-electron chi connectivity index (χ3n) is 4.57. The second kappa shape index (κ2) is 6.78. The summed E-state index contributed by atoms with van der Waals surface area (Å²) in [5.41, 5.74) is 0.962. The van der Waals surface area contributed by atoms with Gasteiger partial charge in [-0.3, -0.25) is 9.48 Å². The van der Waals surface area contributed by atoms with Crippen LogP contribution < -0.4 is 5.32 Å². The molecule has 0 radical (unpaired) electrons. The Hall–Kier alpha value is -1.90. The Morgan fingerprint density at radius 3 is 2.88 bits per heavy atom. The standard InChI is InChI=1S/C16H20N6OS.ClH/c1-10-11-8-13(24-16(11)21(3)19-10)15(23)22-7-4-17-9-12(22)14-18-5-6-20(14)2;/h5-6,8,12,17H,4,7,9H2,1-3H3;1H. The van der Waals surface area contributed by atoms with E-state index in [2.05, 4.69) is 15.4 Å². The molecule has 7 nitrogen and oxygen atoms in total. The molecule has 25 heavy (non-hydrogen) atoms. The molecular weight excluding hydrogens is 360 g/mol. The largest absolute Gasteiger partial charge is 0.336 e. The molecule has 1 amide bonds. The van der Waals surface area contributed by atoms with Crippen molar-refractivity contribution in [3.05, 3.63) is 34.9 Å². The van der Waals surface area contributed by atoms with Gasteiger partial charge in [0.15, 0.2) is 0 Å². The summed E-state index contributed by atoms with van der Waals surface area (Å²) in [4.78, 5) is 21.3. The van der Waals surface area contributed by atoms with Crippen LogP contribution in [0.4, 0.5) is 0 Å². The number of carbonyl (C=O) groups excluding carboxylic acids is 1. The number of aryl methyl sites for hydroxylation is 3. The Morgan fingerprint density at radius 1 is 1.40 bits per heavy atom. The monoisotopic (exact) mass is 380 g/mol. The number of imidazole rings is 1. The van der Waals surface area contributed by atoms with Gasteiger partial charge in [-0.25, -0.2) is 4.98 Å². The van der Waals surface area contributed by atoms with Gasteiger partial charge in [0, 0.05) is 51.5 Å². The average Bonchev–Trinajstić information content (AvgIpc) is 3.25. The van der Waals surface area contributed by atoms with Gasteiger partial charge in [0.1, 0.15) is 16.7 Å². The third kappa shape index (κ3) is 2.94. The first kappa shape index (κ1) is 17.9. The summed E-state index contributed by atoms with van der Waals surface area (Å²) in [5.74, 6) is 0.986. The Labute approximate surface area is 156 Å². The summed E-state index contributed by atoms with van der Waals surface area (Å²) in [6.07, 6.45) is 3.70. The van der Waals surface area contributed by atoms with Crippen LogP contribution >= 0.6 is 23.7 Å². The zero-order valence-corrected chi connectivity index (χ0v) is 16.0. The van der Waals surface area contributed by atoms with E-state index in [0.29, 0.717) is 6.54 Å². The first-order chi connectivity index (χ1) is 11.6. The number of hydrogen-bond donors (Lipinski definition) is 1. The van der Waals surface area contributed by atoms with Crippen molar-refractivity contribution in [3.63, 3.8) is 0 Å². The van der Waals surface area contributed by atoms with Crippen LogP contribution in [-0.2, 0) is 14.1 Å². The number of fused-ring (bicyclic) bond motifs is 1. The van der Waals surface area contributed by atoms with Gasteiger partial charge in [0.05, 0.1) is 10.6 Å². The maximum atomic E-state index is 13.1. The molecule has 1 aliphatic heterocycles. The van der Waals surface area contributed by atoms with Crippen molar-refractivity contribution in [2.24, 2.45) is 14.1 Å². The van der Waals surface area contributed by atoms with Crippen molar-refractivity contribution in [2.75, 3.05) is 19.6 Å². The summed E-state index contributed by atoms with van der Waals surface area (Å²) in [5, 5.41) is 8.84. The predicted octanol–water partition coefficient (Wildman–Crippen LogP) is 1.89. The highest BCUT2D eigenvalue weighted by atomic mass is 35.5. The van der Waals surface area contributed by atoms with Crippen molar-refractivity contribution in [1.29, 1.82) is 0 Å². The summed E-state index contributed by atoms with van der Waals surface area (Å²) >= 11 is 1.51. The lowest BCUT2D eigenvalue weighted by Crippen LogP contribution is -2.49. The van der Waals surface area contributed by atoms with Crippen molar-refractivity contribution in [1.82, 2.24) is 29.5 Å². The molecule has 0 bridgehead atoms. The van der Waals surface area contributed by atoms with Crippen LogP contribution in [0.1, 0.15) is 27.2 Å². The van der Waals surface area contributed by atoms with Gasteiger partial charge in [0.25, 0.3) is 5.91 Å². The van der Waals surface area contributed by atoms with Gasteiger partial charge >= 0.3 is 0 Å². The van der Waals surface area contributed by atoms with Crippen molar-refractivity contribution in [3.8, 4) is 0 Å². The second-order valence-corrected chi connectivity index (χ2v) is 7.18. The lowest BCUT2D eigenvalue weighted by Gasteiger charge is -2.35. The van der Waals surface area contributed by atoms with Crippen LogP contribution in [0.3, 0.4) is 0 Å². The first-order valence-electron chi connectivity index (χ1n) is 7.98. The molecular formula is C16H21ClN6OS. The van der Waals surface area contributed by atoms with E-state index in [0.717, 1.165) is 39.7 Å². The number of piperazine rings is 1. The molecule has 9 heteroatoms. The van der Waals surface area contributed by atoms with Crippen molar-refractivity contribution in [2.45, 2.75) is 13.0 Å². The fourth-order valence-electron chi connectivity index (χ4n) is 3.33. The van der Waals surface area contributed by atoms with E-state index < -0.39 is 0 Å². The maximum Gasteiger partial charge on any atom is 0.264 e. The molecule has 1 fully saturated rings. The Kier molecular flexibility index (Phi) is 4.86. The van der Waals surface area contributed by atoms with Gasteiger partial charge in [-0.2, -0.15) is 5.10 Å². The average molecular weight is 381 g/mol. The van der Waals surface area contributed by atoms with Gasteiger partial charge < -0.3 is 14.8 Å². The molecule has 1 aliphatic rings. The van der Waals surface area contributed by atoms with E-state index in [4.69, 9.17) is 0 Å². The van der Waals surface area contributed by atoms with E-state index >= 15 is 0 Å². The van der Waals surface area contributed by atoms with Crippen LogP contribution in [0, 0.1) is 6.92 Å². The molecule has 3 aromatic rings. The van der Waals surface area contributed by atoms with Crippen LogP contribution in [0.2, 0.25) is 0 Å². The number of halogens is 1. The minimum absolute atomic E-state index is 0. The quantitative estimate of drug-likeness (QED) is 0.737. The zero-order chi connectivity index (χ0) is 16.8. The minimum Gasteiger partial charge on any atom is -0.336 e. The summed E-state index contributed by atoms with van der Waals surface area (Å²) < 4.78 is 3.83. The topological polar surface area (TPSA) is 68.0 Å². The Balaban J connectivity index is 0.00000182. The van der Waals surface area contributed by atoms with E-state index in [1.54, 1.807) is 6.20 Å². The van der Waals surface area contributed by atoms with Crippen LogP contribution in [0.25, 0.3) is 10.2 Å². The summed E-state index contributed by atoms with van der Waals surface area (Å²) in [6, 6.07) is 1.93. The van der Waals surface area contributed by atoms with Crippen molar-refractivity contribution >= 4 is 39.9 Å². The fourth-order valence-corrected chi connectivity index (χ4v) is 4.41. The molecule has 1 saturated heterocycles. The summed E-state index contributed by atoms with van der Waals surface area (Å²) in [7, 11) is 3.88. The molecule has 3 aromatic heterocycles. The molecule has 1 atom stereocenters. The highest BCUT2D eigenvalue weighted by molar-refractivity contribution is 7.20. The Bertz CT molecular complexity index is 879. The van der Waals surface area contributed by atoms with Gasteiger partial charge in [-0.1, -0.05) is 0 Å². The van der Waals surface area contributed by atoms with E-state index in [9.17, 15) is 4.79 Å². The molecule has 4 rings (SSSR count). The Morgan fingerprint density at radius 2 is 2.20 bits per heavy atom. The van der Waals surface area contributed by atoms with Crippen LogP contribution in [0.15, 0.2) is 18.5 Å². The zero-order valence-electron chi connectivity index (χ0n) is 14.4. The minimum atomic E-state index is -0.0457. The molecule has 0 spiro atoms. The molecule has 0 saturated carbocycles. The number of carbonyl (C=O) groups is 1. The smallest absolute Gasteiger partial charge is 0.264 e. The number of nitrogens with one attached hydrogen (secondary N) is 1. The molecule has 1 N–H and O–H groups in total. The van der Waals surface area contributed by atoms with Gasteiger partial charge in [-0.05, 0) is 13.0 Å². The van der Waals surface area contributed by atoms with Crippen molar-refractivity contribution < 1.29 is 4.79 Å². The molecule has 0 aromatic carbocycles. The highest BCUT2D eigenvalue weighted by Gasteiger charge is 2.32. The van der Waals surface area contributed by atoms with Gasteiger partial charge in [-0.15, -0.1) is 23.7 Å². The summed E-state index contributed by atoms with van der Waals surface area (Å²) in [6.45, 7) is 4.19. The highest BCUT2D eigenvalue weighted by Crippen LogP contribution is 2.31. The van der Waals surface area contributed by atoms with Crippen LogP contribution in [-0.4, -0.2) is 49.8 Å². The number of nitrogens with zero attached hydrogens (tertiary/aromatic N) is 5. The van der Waals surface area contributed by atoms with E-state index in [1.165, 1.54) is 11.3 Å². The van der Waals surface area contributed by atoms with Crippen LogP contribution in [0.5, 0.6) is 0 Å². The van der Waals surface area contributed by atoms with E-state index in [1.807, 2.05) is 47.4 Å². The number of aromatic nitrogens is 4. The predicted molar refractivity (Wildman–Crippen MR) is 100 cm³/mol.